The van der Waals surface area contributed by atoms with Gasteiger partial charge in [0.25, 0.3) is 0 Å². The van der Waals surface area contributed by atoms with Gasteiger partial charge in [-0.1, -0.05) is 43.3 Å². The summed E-state index contributed by atoms with van der Waals surface area (Å²) in [6.45, 7) is 2.73. The zero-order valence-electron chi connectivity index (χ0n) is 16.2. The van der Waals surface area contributed by atoms with E-state index in [1.165, 1.54) is 0 Å². The number of carbonyl (C=O) groups excluding carboxylic acids is 1. The van der Waals surface area contributed by atoms with Crippen LogP contribution in [0.1, 0.15) is 46.2 Å². The number of aliphatic imine (C=N–C) groups is 1. The van der Waals surface area contributed by atoms with Crippen molar-refractivity contribution in [2.24, 2.45) is 4.99 Å². The Balaban J connectivity index is 1.56. The fourth-order valence-corrected chi connectivity index (χ4v) is 4.25. The summed E-state index contributed by atoms with van der Waals surface area (Å²) < 4.78 is 0. The molecule has 0 saturated carbocycles. The highest BCUT2D eigenvalue weighted by Gasteiger charge is 2.27. The number of Topliss-reactive ketones (excluding diaryl/α,β-unsaturated/α-hetero) is 1. The van der Waals surface area contributed by atoms with Crippen molar-refractivity contribution in [2.45, 2.75) is 25.8 Å². The first kappa shape index (κ1) is 17.6. The number of hydrogen-bond donors (Lipinski definition) is 1. The molecular weight excluding hydrogens is 358 g/mol. The molecule has 4 nitrogen and oxygen atoms in total. The Morgan fingerprint density at radius 3 is 2.66 bits per heavy atom. The van der Waals surface area contributed by atoms with Crippen LogP contribution in [0.3, 0.4) is 0 Å². The Morgan fingerprint density at radius 1 is 1.03 bits per heavy atom. The van der Waals surface area contributed by atoms with Crippen LogP contribution in [0.4, 0.5) is 5.82 Å². The molecule has 4 heteroatoms. The van der Waals surface area contributed by atoms with Crippen molar-refractivity contribution >= 4 is 23.4 Å². The normalized spacial score (nSPS) is 16.0. The number of hydrogen-bond acceptors (Lipinski definition) is 4. The van der Waals surface area contributed by atoms with E-state index >= 15 is 0 Å². The van der Waals surface area contributed by atoms with E-state index in [1.807, 2.05) is 30.3 Å². The first-order valence-corrected chi connectivity index (χ1v) is 9.82. The van der Waals surface area contributed by atoms with Gasteiger partial charge in [-0.15, -0.1) is 0 Å². The van der Waals surface area contributed by atoms with Crippen LogP contribution >= 0.6 is 0 Å². The number of rotatable bonds is 3. The van der Waals surface area contributed by atoms with Crippen LogP contribution in [0.2, 0.25) is 0 Å². The van der Waals surface area contributed by atoms with Gasteiger partial charge in [0.05, 0.1) is 12.3 Å². The van der Waals surface area contributed by atoms with Crippen molar-refractivity contribution < 1.29 is 4.79 Å². The number of allylic oxidation sites excluding steroid dienone is 1. The van der Waals surface area contributed by atoms with Crippen molar-refractivity contribution in [3.05, 3.63) is 99.7 Å². The second-order valence-electron chi connectivity index (χ2n) is 7.67. The fraction of sp³-hybridized carbons (Fsp3) is 0.160. The average Bonchev–Trinajstić information content (AvgIpc) is 3.14. The third kappa shape index (κ3) is 3.07. The van der Waals surface area contributed by atoms with Crippen molar-refractivity contribution in [1.29, 1.82) is 0 Å². The van der Waals surface area contributed by atoms with Crippen LogP contribution in [0, 0.1) is 0 Å². The number of nitrogens with zero attached hydrogens (tertiary/aromatic N) is 2. The molecule has 0 amide bonds. The standard InChI is InChI=1S/C25H21N3O/c1-15(16-5-3-2-4-6-16)21-10-19-11-22-20(9-18(19)12-23(21)29)14-28-25(22)17-7-8-27-24(26)13-17/h2-11,13,15H,12,14H2,1H3,(H2,26,27). The molecule has 5 rings (SSSR count). The molecule has 3 aromatic rings. The molecule has 2 N–H and O–H groups in total. The van der Waals surface area contributed by atoms with Gasteiger partial charge in [0.15, 0.2) is 5.78 Å². The summed E-state index contributed by atoms with van der Waals surface area (Å²) in [6.07, 6.45) is 4.22. The molecule has 1 atom stereocenters. The van der Waals surface area contributed by atoms with Gasteiger partial charge in [-0.2, -0.15) is 0 Å². The average molecular weight is 379 g/mol. The van der Waals surface area contributed by atoms with E-state index in [2.05, 4.69) is 42.2 Å². The van der Waals surface area contributed by atoms with E-state index in [1.54, 1.807) is 6.20 Å². The zero-order chi connectivity index (χ0) is 20.0. The number of anilines is 1. The van der Waals surface area contributed by atoms with E-state index in [0.717, 1.165) is 44.7 Å². The maximum absolute atomic E-state index is 12.9. The van der Waals surface area contributed by atoms with E-state index < -0.39 is 0 Å². The molecule has 0 fully saturated rings. The van der Waals surface area contributed by atoms with Crippen LogP contribution < -0.4 is 5.73 Å². The molecule has 1 unspecified atom stereocenters. The summed E-state index contributed by atoms with van der Waals surface area (Å²) in [5, 5.41) is 0. The highest BCUT2D eigenvalue weighted by molar-refractivity contribution is 6.16. The smallest absolute Gasteiger partial charge is 0.163 e. The molecule has 1 aliphatic heterocycles. The molecular formula is C25H21N3O. The van der Waals surface area contributed by atoms with Gasteiger partial charge < -0.3 is 5.73 Å². The molecule has 1 aliphatic carbocycles. The summed E-state index contributed by atoms with van der Waals surface area (Å²) in [4.78, 5) is 21.7. The summed E-state index contributed by atoms with van der Waals surface area (Å²) in [7, 11) is 0. The Bertz CT molecular complexity index is 1190. The maximum atomic E-state index is 12.9. The van der Waals surface area contributed by atoms with Crippen molar-refractivity contribution in [2.75, 3.05) is 5.73 Å². The monoisotopic (exact) mass is 379 g/mol. The third-order valence-corrected chi connectivity index (χ3v) is 5.83. The van der Waals surface area contributed by atoms with Crippen molar-refractivity contribution in [3.8, 4) is 0 Å². The van der Waals surface area contributed by atoms with Gasteiger partial charge in [0.2, 0.25) is 0 Å². The highest BCUT2D eigenvalue weighted by Crippen LogP contribution is 2.35. The number of pyridine rings is 1. The van der Waals surface area contributed by atoms with Crippen LogP contribution in [0.15, 0.2) is 71.4 Å². The van der Waals surface area contributed by atoms with Gasteiger partial charge >= 0.3 is 0 Å². The predicted octanol–water partition coefficient (Wildman–Crippen LogP) is 4.33. The van der Waals surface area contributed by atoms with E-state index in [-0.39, 0.29) is 11.7 Å². The quantitative estimate of drug-likeness (QED) is 0.737. The van der Waals surface area contributed by atoms with Gasteiger partial charge in [-0.25, -0.2) is 4.98 Å². The number of carbonyl (C=O) groups is 1. The lowest BCUT2D eigenvalue weighted by Crippen LogP contribution is -2.17. The van der Waals surface area contributed by atoms with Crippen molar-refractivity contribution in [3.63, 3.8) is 0 Å². The lowest BCUT2D eigenvalue weighted by atomic mass is 9.81. The Hall–Kier alpha value is -3.53. The zero-order valence-corrected chi connectivity index (χ0v) is 16.2. The minimum absolute atomic E-state index is 0.0678. The molecule has 2 aromatic carbocycles. The van der Waals surface area contributed by atoms with Crippen LogP contribution in [0.5, 0.6) is 0 Å². The molecule has 0 spiro atoms. The number of nitrogen functional groups attached to an aromatic ring is 1. The fourth-order valence-electron chi connectivity index (χ4n) is 4.25. The number of ketones is 1. The third-order valence-electron chi connectivity index (χ3n) is 5.83. The minimum Gasteiger partial charge on any atom is -0.384 e. The van der Waals surface area contributed by atoms with Gasteiger partial charge in [0.1, 0.15) is 5.82 Å². The first-order chi connectivity index (χ1) is 14.1. The highest BCUT2D eigenvalue weighted by atomic mass is 16.1. The second-order valence-corrected chi connectivity index (χ2v) is 7.67. The van der Waals surface area contributed by atoms with Crippen LogP contribution in [0.25, 0.3) is 6.08 Å². The molecule has 142 valence electrons. The molecule has 0 radical (unpaired) electrons. The Kier molecular flexibility index (Phi) is 4.13. The van der Waals surface area contributed by atoms with Gasteiger partial charge in [-0.05, 0) is 46.5 Å². The van der Waals surface area contributed by atoms with Gasteiger partial charge in [0, 0.05) is 35.2 Å². The second kappa shape index (κ2) is 6.82. The topological polar surface area (TPSA) is 68.3 Å². The first-order valence-electron chi connectivity index (χ1n) is 9.82. The maximum Gasteiger partial charge on any atom is 0.163 e. The van der Waals surface area contributed by atoms with Crippen molar-refractivity contribution in [1.82, 2.24) is 4.98 Å². The van der Waals surface area contributed by atoms with Gasteiger partial charge in [-0.3, -0.25) is 9.79 Å². The molecule has 2 heterocycles. The molecule has 2 aliphatic rings. The summed E-state index contributed by atoms with van der Waals surface area (Å²) in [5.41, 5.74) is 14.3. The molecule has 0 saturated heterocycles. The molecule has 29 heavy (non-hydrogen) atoms. The predicted molar refractivity (Wildman–Crippen MR) is 116 cm³/mol. The lowest BCUT2D eigenvalue weighted by molar-refractivity contribution is -0.115. The van der Waals surface area contributed by atoms with E-state index in [0.29, 0.717) is 18.8 Å². The summed E-state index contributed by atoms with van der Waals surface area (Å²) in [5.74, 6) is 0.758. The number of nitrogens with two attached hydrogens (primary N) is 1. The summed E-state index contributed by atoms with van der Waals surface area (Å²) in [6, 6.07) is 18.3. The van der Waals surface area contributed by atoms with Crippen LogP contribution in [-0.2, 0) is 17.8 Å². The van der Waals surface area contributed by atoms with E-state index in [9.17, 15) is 4.79 Å². The molecule has 1 aromatic heterocycles. The Morgan fingerprint density at radius 2 is 1.86 bits per heavy atom. The summed E-state index contributed by atoms with van der Waals surface area (Å²) >= 11 is 0. The largest absolute Gasteiger partial charge is 0.384 e. The van der Waals surface area contributed by atoms with E-state index in [4.69, 9.17) is 10.7 Å². The Labute approximate surface area is 169 Å². The number of fused-ring (bicyclic) bond motifs is 2. The number of benzene rings is 2. The lowest BCUT2D eigenvalue weighted by Gasteiger charge is -2.22. The minimum atomic E-state index is 0.0678. The van der Waals surface area contributed by atoms with Crippen LogP contribution in [-0.4, -0.2) is 16.5 Å². The SMILES string of the molecule is CC(C1=Cc2cc3c(cc2CC1=O)CN=C3c1ccnc(N)c1)c1ccccc1. The number of aromatic nitrogens is 1. The molecule has 0 bridgehead atoms.